The van der Waals surface area contributed by atoms with Crippen LogP contribution in [-0.2, 0) is 4.79 Å². The molecule has 136 valence electrons. The van der Waals surface area contributed by atoms with Crippen LogP contribution in [0.15, 0.2) is 35.7 Å². The highest BCUT2D eigenvalue weighted by Crippen LogP contribution is 2.34. The van der Waals surface area contributed by atoms with Crippen molar-refractivity contribution in [1.29, 1.82) is 0 Å². The molecule has 0 aliphatic carbocycles. The smallest absolute Gasteiger partial charge is 0.262 e. The zero-order chi connectivity index (χ0) is 18.1. The van der Waals surface area contributed by atoms with Crippen molar-refractivity contribution in [1.82, 2.24) is 4.90 Å². The number of thiophene rings is 1. The topological polar surface area (TPSA) is 78.9 Å². The van der Waals surface area contributed by atoms with Gasteiger partial charge in [-0.3, -0.25) is 9.59 Å². The highest BCUT2D eigenvalue weighted by Gasteiger charge is 2.29. The highest BCUT2D eigenvalue weighted by molar-refractivity contribution is 7.10. The summed E-state index contributed by atoms with van der Waals surface area (Å²) in [6.45, 7) is 1.22. The molecule has 2 amide bonds. The summed E-state index contributed by atoms with van der Waals surface area (Å²) >= 11 is 1.57. The predicted octanol–water partition coefficient (Wildman–Crippen LogP) is 2.66. The first kappa shape index (κ1) is 17.1. The number of likely N-dealkylation sites (tertiary alicyclic amines) is 1. The van der Waals surface area contributed by atoms with Crippen LogP contribution in [0, 0.1) is 5.92 Å². The standard InChI is InChI=1S/C19H20N2O4S/c22-17-11-25-15-10-13(3-4-14(15)20-17)19(24)21-7-5-12(6-8-21)18(23)16-2-1-9-26-16/h1-4,9-10,12,18,23H,5-8,11H2,(H,20,22)/t18-/m1/s1. The van der Waals surface area contributed by atoms with Gasteiger partial charge in [0.25, 0.3) is 11.8 Å². The number of ether oxygens (including phenoxy) is 1. The largest absolute Gasteiger partial charge is 0.482 e. The zero-order valence-corrected chi connectivity index (χ0v) is 15.0. The second-order valence-electron chi connectivity index (χ2n) is 6.64. The average molecular weight is 372 g/mol. The number of aliphatic hydroxyl groups excluding tert-OH is 1. The SMILES string of the molecule is O=C1COc2cc(C(=O)N3CCC([C@@H](O)c4cccs4)CC3)ccc2N1. The first-order chi connectivity index (χ1) is 12.6. The minimum atomic E-state index is -0.451. The van der Waals surface area contributed by atoms with Crippen LogP contribution < -0.4 is 10.1 Å². The number of aliphatic hydroxyl groups is 1. The van der Waals surface area contributed by atoms with Gasteiger partial charge < -0.3 is 20.1 Å². The molecule has 2 aromatic rings. The first-order valence-electron chi connectivity index (χ1n) is 8.69. The molecule has 2 N–H and O–H groups in total. The number of benzene rings is 1. The van der Waals surface area contributed by atoms with E-state index in [2.05, 4.69) is 5.32 Å². The summed E-state index contributed by atoms with van der Waals surface area (Å²) in [5, 5.41) is 15.2. The molecule has 0 saturated carbocycles. The van der Waals surface area contributed by atoms with Crippen LogP contribution >= 0.6 is 11.3 Å². The van der Waals surface area contributed by atoms with E-state index in [4.69, 9.17) is 4.74 Å². The van der Waals surface area contributed by atoms with Gasteiger partial charge >= 0.3 is 0 Å². The summed E-state index contributed by atoms with van der Waals surface area (Å²) in [5.41, 5.74) is 1.15. The molecule has 2 aliphatic rings. The number of anilines is 1. The molecule has 0 bridgehead atoms. The van der Waals surface area contributed by atoms with Gasteiger partial charge in [0.15, 0.2) is 6.61 Å². The number of nitrogens with zero attached hydrogens (tertiary/aromatic N) is 1. The van der Waals surface area contributed by atoms with Gasteiger partial charge in [0.1, 0.15) is 5.75 Å². The molecule has 7 heteroatoms. The molecule has 0 unspecified atom stereocenters. The van der Waals surface area contributed by atoms with Gasteiger partial charge in [-0.2, -0.15) is 0 Å². The fourth-order valence-corrected chi connectivity index (χ4v) is 4.30. The number of rotatable bonds is 3. The van der Waals surface area contributed by atoms with E-state index in [9.17, 15) is 14.7 Å². The lowest BCUT2D eigenvalue weighted by molar-refractivity contribution is -0.118. The van der Waals surface area contributed by atoms with Gasteiger partial charge in [-0.15, -0.1) is 11.3 Å². The predicted molar refractivity (Wildman–Crippen MR) is 98.5 cm³/mol. The monoisotopic (exact) mass is 372 g/mol. The van der Waals surface area contributed by atoms with E-state index in [1.54, 1.807) is 29.5 Å². The quantitative estimate of drug-likeness (QED) is 0.868. The minimum absolute atomic E-state index is 0.0311. The third kappa shape index (κ3) is 3.32. The van der Waals surface area contributed by atoms with Gasteiger partial charge in [0.2, 0.25) is 0 Å². The van der Waals surface area contributed by atoms with Crippen LogP contribution in [0.25, 0.3) is 0 Å². The fourth-order valence-electron chi connectivity index (χ4n) is 3.50. The van der Waals surface area contributed by atoms with Crippen LogP contribution in [0.1, 0.15) is 34.2 Å². The number of nitrogens with one attached hydrogen (secondary N) is 1. The Balaban J connectivity index is 1.40. The van der Waals surface area contributed by atoms with Crippen LogP contribution in [0.2, 0.25) is 0 Å². The normalized spacial score (nSPS) is 18.7. The maximum Gasteiger partial charge on any atom is 0.262 e. The van der Waals surface area contributed by atoms with E-state index in [1.807, 2.05) is 22.4 Å². The van der Waals surface area contributed by atoms with Crippen molar-refractivity contribution < 1.29 is 19.4 Å². The molecule has 4 rings (SSSR count). The lowest BCUT2D eigenvalue weighted by atomic mass is 9.90. The van der Waals surface area contributed by atoms with Crippen molar-refractivity contribution >= 4 is 28.8 Å². The summed E-state index contributed by atoms with van der Waals surface area (Å²) in [5.74, 6) is 0.471. The van der Waals surface area contributed by atoms with E-state index in [-0.39, 0.29) is 24.3 Å². The number of piperidine rings is 1. The molecule has 1 saturated heterocycles. The van der Waals surface area contributed by atoms with Gasteiger partial charge in [0, 0.05) is 23.5 Å². The molecule has 1 fully saturated rings. The Bertz CT molecular complexity index is 813. The Morgan fingerprint density at radius 2 is 2.12 bits per heavy atom. The molecule has 0 spiro atoms. The second kappa shape index (κ2) is 7.09. The number of fused-ring (bicyclic) bond motifs is 1. The van der Waals surface area contributed by atoms with E-state index >= 15 is 0 Å². The van der Waals surface area contributed by atoms with Crippen LogP contribution in [0.5, 0.6) is 5.75 Å². The summed E-state index contributed by atoms with van der Waals surface area (Å²) in [6.07, 6.45) is 1.11. The summed E-state index contributed by atoms with van der Waals surface area (Å²) < 4.78 is 5.39. The molecule has 1 aromatic carbocycles. The van der Waals surface area contributed by atoms with Crippen LogP contribution in [-0.4, -0.2) is 41.5 Å². The maximum atomic E-state index is 12.8. The van der Waals surface area contributed by atoms with Crippen molar-refractivity contribution in [2.24, 2.45) is 5.92 Å². The second-order valence-corrected chi connectivity index (χ2v) is 7.62. The van der Waals surface area contributed by atoms with Gasteiger partial charge in [-0.05, 0) is 48.4 Å². The number of carbonyl (C=O) groups excluding carboxylic acids is 2. The summed E-state index contributed by atoms with van der Waals surface area (Å²) in [4.78, 5) is 26.9. The molecule has 0 radical (unpaired) electrons. The van der Waals surface area contributed by atoms with Crippen molar-refractivity contribution in [3.05, 3.63) is 46.2 Å². The molecular formula is C19H20N2O4S. The lowest BCUT2D eigenvalue weighted by Gasteiger charge is -2.34. The number of amides is 2. The fraction of sp³-hybridized carbons (Fsp3) is 0.368. The summed E-state index contributed by atoms with van der Waals surface area (Å²) in [6, 6.07) is 9.00. The third-order valence-corrected chi connectivity index (χ3v) is 5.91. The number of hydrogen-bond donors (Lipinski definition) is 2. The Morgan fingerprint density at radius 1 is 1.31 bits per heavy atom. The van der Waals surface area contributed by atoms with Crippen LogP contribution in [0.4, 0.5) is 5.69 Å². The molecule has 26 heavy (non-hydrogen) atoms. The number of carbonyl (C=O) groups is 2. The minimum Gasteiger partial charge on any atom is -0.482 e. The van der Waals surface area contributed by atoms with Crippen molar-refractivity contribution in [3.8, 4) is 5.75 Å². The lowest BCUT2D eigenvalue weighted by Crippen LogP contribution is -2.39. The van der Waals surface area contributed by atoms with Crippen molar-refractivity contribution in [3.63, 3.8) is 0 Å². The van der Waals surface area contributed by atoms with E-state index in [1.165, 1.54) is 0 Å². The Morgan fingerprint density at radius 3 is 2.85 bits per heavy atom. The molecule has 6 nitrogen and oxygen atoms in total. The molecule has 1 atom stereocenters. The number of hydrogen-bond acceptors (Lipinski definition) is 5. The Labute approximate surface area is 155 Å². The highest BCUT2D eigenvalue weighted by atomic mass is 32.1. The molecule has 1 aromatic heterocycles. The Kier molecular flexibility index (Phi) is 4.65. The van der Waals surface area contributed by atoms with E-state index in [0.29, 0.717) is 30.1 Å². The van der Waals surface area contributed by atoms with Crippen molar-refractivity contribution in [2.75, 3.05) is 25.0 Å². The zero-order valence-electron chi connectivity index (χ0n) is 14.2. The molecule has 2 aliphatic heterocycles. The first-order valence-corrected chi connectivity index (χ1v) is 9.57. The van der Waals surface area contributed by atoms with Gasteiger partial charge in [-0.1, -0.05) is 6.07 Å². The third-order valence-electron chi connectivity index (χ3n) is 4.97. The Hall–Kier alpha value is -2.38. The average Bonchev–Trinajstić information content (AvgIpc) is 3.21. The van der Waals surface area contributed by atoms with Gasteiger partial charge in [0.05, 0.1) is 11.8 Å². The molecule has 3 heterocycles. The van der Waals surface area contributed by atoms with E-state index in [0.717, 1.165) is 17.7 Å². The maximum absolute atomic E-state index is 12.8. The van der Waals surface area contributed by atoms with Gasteiger partial charge in [-0.25, -0.2) is 0 Å². The summed E-state index contributed by atoms with van der Waals surface area (Å²) in [7, 11) is 0. The molecular weight excluding hydrogens is 352 g/mol. The van der Waals surface area contributed by atoms with Crippen LogP contribution in [0.3, 0.4) is 0 Å². The van der Waals surface area contributed by atoms with E-state index < -0.39 is 6.10 Å². The van der Waals surface area contributed by atoms with Crippen molar-refractivity contribution in [2.45, 2.75) is 18.9 Å².